The fourth-order valence-electron chi connectivity index (χ4n) is 0.607. The third-order valence-electron chi connectivity index (χ3n) is 1.08. The molecule has 0 aliphatic carbocycles. The molecule has 0 atom stereocenters. The molecule has 0 amide bonds. The molecule has 1 aromatic carbocycles. The van der Waals surface area contributed by atoms with E-state index in [1.165, 1.54) is 6.08 Å². The summed E-state index contributed by atoms with van der Waals surface area (Å²) in [7, 11) is 0. The number of rotatable bonds is 1. The summed E-state index contributed by atoms with van der Waals surface area (Å²) >= 11 is 7.85. The summed E-state index contributed by atoms with van der Waals surface area (Å²) < 4.78 is 0.939. The van der Waals surface area contributed by atoms with Gasteiger partial charge in [-0.15, -0.1) is 0 Å². The van der Waals surface area contributed by atoms with Crippen molar-refractivity contribution >= 4 is 46.0 Å². The van der Waals surface area contributed by atoms with Gasteiger partial charge in [-0.05, 0) is 40.8 Å². The van der Waals surface area contributed by atoms with E-state index in [1.807, 2.05) is 0 Å². The molecule has 0 saturated carbocycles. The van der Waals surface area contributed by atoms with Crippen molar-refractivity contribution in [1.82, 2.24) is 0 Å². The number of carbonyl (C=O) groups excluding carboxylic acids is 1. The third kappa shape index (κ3) is 2.29. The van der Waals surface area contributed by atoms with Gasteiger partial charge in [-0.3, -0.25) is 0 Å². The van der Waals surface area contributed by atoms with Crippen molar-refractivity contribution in [1.29, 1.82) is 0 Å². The molecule has 2 nitrogen and oxygen atoms in total. The van der Waals surface area contributed by atoms with Crippen LogP contribution < -0.4 is 0 Å². The summed E-state index contributed by atoms with van der Waals surface area (Å²) in [5.41, 5.74) is 0.533. The third-order valence-corrected chi connectivity index (χ3v) is 2.65. The Kier molecular flexibility index (Phi) is 3.05. The van der Waals surface area contributed by atoms with E-state index in [9.17, 15) is 4.79 Å². The summed E-state index contributed by atoms with van der Waals surface area (Å²) in [6.07, 6.45) is 1.44. The van der Waals surface area contributed by atoms with Crippen molar-refractivity contribution in [3.8, 4) is 0 Å². The monoisotopic (exact) mass is 279 g/mol. The summed E-state index contributed by atoms with van der Waals surface area (Å²) in [4.78, 5) is 13.2. The van der Waals surface area contributed by atoms with E-state index in [0.717, 1.165) is 3.57 Å². The van der Waals surface area contributed by atoms with Crippen molar-refractivity contribution < 1.29 is 4.79 Å². The van der Waals surface area contributed by atoms with E-state index in [4.69, 9.17) is 11.6 Å². The maximum atomic E-state index is 9.83. The Hall–Kier alpha value is -0.380. The van der Waals surface area contributed by atoms with Gasteiger partial charge in [-0.25, -0.2) is 4.79 Å². The molecule has 0 bridgehead atoms. The minimum absolute atomic E-state index is 0.533. The standard InChI is InChI=1S/C7H3ClINO/c8-6-3-5(10-4-11)1-2-7(6)9/h1-3H. The first-order chi connectivity index (χ1) is 5.24. The number of halogens is 2. The zero-order valence-corrected chi connectivity index (χ0v) is 8.26. The van der Waals surface area contributed by atoms with Crippen molar-refractivity contribution in [2.24, 2.45) is 4.99 Å². The molecule has 0 unspecified atom stereocenters. The number of benzene rings is 1. The summed E-state index contributed by atoms with van der Waals surface area (Å²) in [6, 6.07) is 5.12. The molecule has 0 saturated heterocycles. The van der Waals surface area contributed by atoms with Crippen molar-refractivity contribution in [2.75, 3.05) is 0 Å². The van der Waals surface area contributed by atoms with E-state index in [0.29, 0.717) is 10.7 Å². The van der Waals surface area contributed by atoms with Gasteiger partial charge in [-0.1, -0.05) is 11.6 Å². The van der Waals surface area contributed by atoms with Crippen LogP contribution in [0.25, 0.3) is 0 Å². The lowest BCUT2D eigenvalue weighted by molar-refractivity contribution is 0.565. The first-order valence-electron chi connectivity index (χ1n) is 2.77. The minimum Gasteiger partial charge on any atom is -0.211 e. The molecular weight excluding hydrogens is 276 g/mol. The van der Waals surface area contributed by atoms with Crippen LogP contribution in [-0.2, 0) is 4.79 Å². The first-order valence-corrected chi connectivity index (χ1v) is 4.22. The van der Waals surface area contributed by atoms with Crippen LogP contribution in [0.4, 0.5) is 5.69 Å². The number of nitrogens with zero attached hydrogens (tertiary/aromatic N) is 1. The second-order valence-corrected chi connectivity index (χ2v) is 3.37. The molecule has 56 valence electrons. The highest BCUT2D eigenvalue weighted by Gasteiger charge is 1.96. The number of aliphatic imine (C=N–C) groups is 1. The van der Waals surface area contributed by atoms with Crippen LogP contribution in [0.2, 0.25) is 5.02 Å². The highest BCUT2D eigenvalue weighted by molar-refractivity contribution is 14.1. The Morgan fingerprint density at radius 1 is 1.55 bits per heavy atom. The smallest absolute Gasteiger partial charge is 0.211 e. The second kappa shape index (κ2) is 3.85. The molecule has 0 fully saturated rings. The second-order valence-electron chi connectivity index (χ2n) is 1.80. The first kappa shape index (κ1) is 8.71. The van der Waals surface area contributed by atoms with Gasteiger partial charge in [0.15, 0.2) is 0 Å². The van der Waals surface area contributed by atoms with Crippen LogP contribution in [-0.4, -0.2) is 6.08 Å². The molecule has 1 rings (SSSR count). The largest absolute Gasteiger partial charge is 0.240 e. The molecule has 4 heteroatoms. The van der Waals surface area contributed by atoms with Gasteiger partial charge in [0.2, 0.25) is 6.08 Å². The van der Waals surface area contributed by atoms with Crippen LogP contribution in [0, 0.1) is 3.57 Å². The maximum Gasteiger partial charge on any atom is 0.240 e. The fourth-order valence-corrected chi connectivity index (χ4v) is 1.12. The average Bonchev–Trinajstić information content (AvgIpc) is 1.98. The van der Waals surface area contributed by atoms with E-state index in [-0.39, 0.29) is 0 Å². The average molecular weight is 279 g/mol. The predicted octanol–water partition coefficient (Wildman–Crippen LogP) is 2.91. The summed E-state index contributed by atoms with van der Waals surface area (Å²) in [5.74, 6) is 0. The zero-order valence-electron chi connectivity index (χ0n) is 5.34. The Bertz CT molecular complexity index is 320. The Labute approximate surface area is 82.4 Å². The molecule has 0 radical (unpaired) electrons. The van der Waals surface area contributed by atoms with Crippen LogP contribution >= 0.6 is 34.2 Å². The zero-order chi connectivity index (χ0) is 8.27. The van der Waals surface area contributed by atoms with E-state index in [1.54, 1.807) is 18.2 Å². The van der Waals surface area contributed by atoms with Gasteiger partial charge < -0.3 is 0 Å². The topological polar surface area (TPSA) is 29.4 Å². The van der Waals surface area contributed by atoms with Crippen LogP contribution in [0.1, 0.15) is 0 Å². The number of hydrogen-bond donors (Lipinski definition) is 0. The summed E-state index contributed by atoms with van der Waals surface area (Å²) in [5, 5.41) is 0.599. The Balaban J connectivity index is 3.14. The molecule has 0 N–H and O–H groups in total. The molecular formula is C7H3ClINO. The van der Waals surface area contributed by atoms with E-state index >= 15 is 0 Å². The number of hydrogen-bond acceptors (Lipinski definition) is 2. The molecule has 11 heavy (non-hydrogen) atoms. The Morgan fingerprint density at radius 3 is 2.82 bits per heavy atom. The SMILES string of the molecule is O=C=Nc1ccc(I)c(Cl)c1. The predicted molar refractivity (Wildman–Crippen MR) is 52.0 cm³/mol. The molecule has 1 aromatic rings. The maximum absolute atomic E-state index is 9.83. The van der Waals surface area contributed by atoms with Crippen LogP contribution in [0.5, 0.6) is 0 Å². The lowest BCUT2D eigenvalue weighted by Gasteiger charge is -1.94. The van der Waals surface area contributed by atoms with Crippen molar-refractivity contribution in [2.45, 2.75) is 0 Å². The lowest BCUT2D eigenvalue weighted by Crippen LogP contribution is -1.71. The molecule has 0 aliphatic heterocycles. The molecule has 0 aliphatic rings. The van der Waals surface area contributed by atoms with Gasteiger partial charge in [0.05, 0.1) is 10.7 Å². The molecule has 0 spiro atoms. The van der Waals surface area contributed by atoms with Gasteiger partial charge in [0.25, 0.3) is 0 Å². The fraction of sp³-hybridized carbons (Fsp3) is 0. The van der Waals surface area contributed by atoms with E-state index in [2.05, 4.69) is 27.6 Å². The van der Waals surface area contributed by atoms with Crippen molar-refractivity contribution in [3.63, 3.8) is 0 Å². The minimum atomic E-state index is 0.533. The van der Waals surface area contributed by atoms with Crippen LogP contribution in [0.3, 0.4) is 0 Å². The highest BCUT2D eigenvalue weighted by Crippen LogP contribution is 2.23. The van der Waals surface area contributed by atoms with Gasteiger partial charge in [0, 0.05) is 3.57 Å². The van der Waals surface area contributed by atoms with E-state index < -0.39 is 0 Å². The number of isocyanates is 1. The Morgan fingerprint density at radius 2 is 2.27 bits per heavy atom. The summed E-state index contributed by atoms with van der Waals surface area (Å²) in [6.45, 7) is 0. The lowest BCUT2D eigenvalue weighted by atomic mass is 10.3. The quantitative estimate of drug-likeness (QED) is 0.441. The van der Waals surface area contributed by atoms with Crippen LogP contribution in [0.15, 0.2) is 23.2 Å². The van der Waals surface area contributed by atoms with Crippen molar-refractivity contribution in [3.05, 3.63) is 26.8 Å². The molecule has 0 heterocycles. The van der Waals surface area contributed by atoms with Gasteiger partial charge in [-0.2, -0.15) is 4.99 Å². The molecule has 0 aromatic heterocycles. The highest BCUT2D eigenvalue weighted by atomic mass is 127. The van der Waals surface area contributed by atoms with Gasteiger partial charge in [0.1, 0.15) is 0 Å². The van der Waals surface area contributed by atoms with Gasteiger partial charge >= 0.3 is 0 Å². The normalized spacial score (nSPS) is 8.91.